The van der Waals surface area contributed by atoms with Crippen molar-refractivity contribution in [3.05, 3.63) is 0 Å². The van der Waals surface area contributed by atoms with Crippen LogP contribution in [0.1, 0.15) is 34.6 Å². The van der Waals surface area contributed by atoms with Gasteiger partial charge in [-0.2, -0.15) is 0 Å². The molecule has 2 unspecified atom stereocenters. The normalized spacial score (nSPS) is 16.0. The van der Waals surface area contributed by atoms with E-state index < -0.39 is 0 Å². The molecule has 0 radical (unpaired) electrons. The van der Waals surface area contributed by atoms with Crippen molar-refractivity contribution in [2.24, 2.45) is 5.92 Å². The highest BCUT2D eigenvalue weighted by atomic mass is 16.5. The Kier molecular flexibility index (Phi) is 8.02. The maximum absolute atomic E-state index is 5.92. The van der Waals surface area contributed by atoms with Crippen LogP contribution in [0.2, 0.25) is 0 Å². The number of hydrogen-bond donors (Lipinski definition) is 1. The summed E-state index contributed by atoms with van der Waals surface area (Å²) in [5.74, 6) is 0.524. The van der Waals surface area contributed by atoms with E-state index in [1.54, 1.807) is 7.11 Å². The summed E-state index contributed by atoms with van der Waals surface area (Å²) in [5.41, 5.74) is 0. The number of hydrogen-bond acceptors (Lipinski definition) is 3. The van der Waals surface area contributed by atoms with Gasteiger partial charge < -0.3 is 14.8 Å². The summed E-state index contributed by atoms with van der Waals surface area (Å²) in [6.45, 7) is 12.3. The molecule has 1 N–H and O–H groups in total. The van der Waals surface area contributed by atoms with Crippen molar-refractivity contribution in [1.29, 1.82) is 0 Å². The van der Waals surface area contributed by atoms with Gasteiger partial charge in [-0.15, -0.1) is 0 Å². The van der Waals surface area contributed by atoms with Crippen LogP contribution in [0.5, 0.6) is 0 Å². The summed E-state index contributed by atoms with van der Waals surface area (Å²) in [4.78, 5) is 0. The van der Waals surface area contributed by atoms with Crippen LogP contribution in [0, 0.1) is 5.92 Å². The zero-order chi connectivity index (χ0) is 11.8. The fraction of sp³-hybridized carbons (Fsp3) is 1.00. The molecule has 0 saturated carbocycles. The van der Waals surface area contributed by atoms with Crippen molar-refractivity contribution >= 4 is 0 Å². The lowest BCUT2D eigenvalue weighted by atomic mass is 10.1. The zero-order valence-electron chi connectivity index (χ0n) is 11.0. The van der Waals surface area contributed by atoms with Gasteiger partial charge in [-0.1, -0.05) is 27.7 Å². The summed E-state index contributed by atoms with van der Waals surface area (Å²) in [6, 6.07) is 0.507. The van der Waals surface area contributed by atoms with E-state index in [4.69, 9.17) is 9.47 Å². The summed E-state index contributed by atoms with van der Waals surface area (Å²) < 4.78 is 11.0. The lowest BCUT2D eigenvalue weighted by Crippen LogP contribution is -2.39. The smallest absolute Gasteiger partial charge is 0.0784 e. The van der Waals surface area contributed by atoms with Crippen molar-refractivity contribution in [3.63, 3.8) is 0 Å². The van der Waals surface area contributed by atoms with Crippen LogP contribution in [-0.4, -0.2) is 38.5 Å². The largest absolute Gasteiger partial charge is 0.382 e. The summed E-state index contributed by atoms with van der Waals surface area (Å²) >= 11 is 0. The number of ether oxygens (including phenoxy) is 2. The fourth-order valence-corrected chi connectivity index (χ4v) is 1.37. The monoisotopic (exact) mass is 217 g/mol. The first-order valence-corrected chi connectivity index (χ1v) is 5.85. The molecule has 2 atom stereocenters. The van der Waals surface area contributed by atoms with Gasteiger partial charge >= 0.3 is 0 Å². The molecule has 0 fully saturated rings. The van der Waals surface area contributed by atoms with E-state index in [9.17, 15) is 0 Å². The predicted octanol–water partition coefficient (Wildman–Crippen LogP) is 2.06. The van der Waals surface area contributed by atoms with E-state index in [0.717, 1.165) is 6.54 Å². The minimum absolute atomic E-state index is 0.163. The average molecular weight is 217 g/mol. The molecule has 0 saturated heterocycles. The van der Waals surface area contributed by atoms with Crippen LogP contribution in [0.3, 0.4) is 0 Å². The lowest BCUT2D eigenvalue weighted by Gasteiger charge is -2.26. The molecule has 92 valence electrons. The Hall–Kier alpha value is -0.120. The van der Waals surface area contributed by atoms with Crippen LogP contribution in [-0.2, 0) is 9.47 Å². The highest BCUT2D eigenvalue weighted by Gasteiger charge is 2.17. The molecule has 0 aliphatic heterocycles. The quantitative estimate of drug-likeness (QED) is 0.675. The molecule has 0 bridgehead atoms. The zero-order valence-corrected chi connectivity index (χ0v) is 11.0. The second-order valence-corrected chi connectivity index (χ2v) is 4.75. The highest BCUT2D eigenvalue weighted by Crippen LogP contribution is 2.09. The number of rotatable bonds is 8. The van der Waals surface area contributed by atoms with Crippen LogP contribution < -0.4 is 5.32 Å². The Morgan fingerprint density at radius 3 is 2.07 bits per heavy atom. The molecule has 0 aliphatic carbocycles. The SMILES string of the molecule is COCC(C)OC(CNC(C)C)C(C)C. The third kappa shape index (κ3) is 7.77. The molecule has 0 spiro atoms. The van der Waals surface area contributed by atoms with Gasteiger partial charge in [-0.3, -0.25) is 0 Å². The third-order valence-electron chi connectivity index (χ3n) is 2.28. The molecule has 15 heavy (non-hydrogen) atoms. The number of nitrogens with one attached hydrogen (secondary N) is 1. The van der Waals surface area contributed by atoms with E-state index in [-0.39, 0.29) is 12.2 Å². The first-order chi connectivity index (χ1) is 6.97. The predicted molar refractivity (Wildman–Crippen MR) is 64.2 cm³/mol. The first kappa shape index (κ1) is 14.9. The Morgan fingerprint density at radius 2 is 1.67 bits per heavy atom. The van der Waals surface area contributed by atoms with Gasteiger partial charge in [0.25, 0.3) is 0 Å². The maximum Gasteiger partial charge on any atom is 0.0784 e. The molecule has 0 heterocycles. The van der Waals surface area contributed by atoms with Crippen LogP contribution >= 0.6 is 0 Å². The summed E-state index contributed by atoms with van der Waals surface area (Å²) in [7, 11) is 1.70. The van der Waals surface area contributed by atoms with Gasteiger partial charge in [0.1, 0.15) is 0 Å². The molecule has 3 heteroatoms. The first-order valence-electron chi connectivity index (χ1n) is 5.85. The van der Waals surface area contributed by atoms with Crippen molar-refractivity contribution in [1.82, 2.24) is 5.32 Å². The van der Waals surface area contributed by atoms with E-state index >= 15 is 0 Å². The fourth-order valence-electron chi connectivity index (χ4n) is 1.37. The summed E-state index contributed by atoms with van der Waals surface area (Å²) in [6.07, 6.45) is 0.425. The second kappa shape index (κ2) is 8.08. The molecule has 0 aromatic carbocycles. The minimum Gasteiger partial charge on any atom is -0.382 e. The van der Waals surface area contributed by atoms with Crippen molar-refractivity contribution in [2.45, 2.75) is 52.9 Å². The molecule has 0 amide bonds. The summed E-state index contributed by atoms with van der Waals surface area (Å²) in [5, 5.41) is 3.41. The molecule has 0 aliphatic rings. The van der Waals surface area contributed by atoms with E-state index in [1.165, 1.54) is 0 Å². The minimum atomic E-state index is 0.163. The van der Waals surface area contributed by atoms with E-state index in [2.05, 4.69) is 33.0 Å². The van der Waals surface area contributed by atoms with Crippen LogP contribution in [0.25, 0.3) is 0 Å². The van der Waals surface area contributed by atoms with Crippen LogP contribution in [0.4, 0.5) is 0 Å². The topological polar surface area (TPSA) is 30.5 Å². The Morgan fingerprint density at radius 1 is 1.07 bits per heavy atom. The highest BCUT2D eigenvalue weighted by molar-refractivity contribution is 4.69. The third-order valence-corrected chi connectivity index (χ3v) is 2.28. The van der Waals surface area contributed by atoms with Crippen molar-refractivity contribution in [2.75, 3.05) is 20.3 Å². The molecule has 0 rings (SSSR count). The van der Waals surface area contributed by atoms with Gasteiger partial charge in [0.2, 0.25) is 0 Å². The van der Waals surface area contributed by atoms with Gasteiger partial charge in [0, 0.05) is 19.7 Å². The Balaban J connectivity index is 3.92. The molecule has 3 nitrogen and oxygen atoms in total. The second-order valence-electron chi connectivity index (χ2n) is 4.75. The van der Waals surface area contributed by atoms with Gasteiger partial charge in [0.15, 0.2) is 0 Å². The molecule has 0 aromatic rings. The van der Waals surface area contributed by atoms with Crippen molar-refractivity contribution < 1.29 is 9.47 Å². The molecular weight excluding hydrogens is 190 g/mol. The van der Waals surface area contributed by atoms with Gasteiger partial charge in [-0.05, 0) is 12.8 Å². The van der Waals surface area contributed by atoms with Crippen LogP contribution in [0.15, 0.2) is 0 Å². The molecule has 0 aromatic heterocycles. The average Bonchev–Trinajstić information content (AvgIpc) is 2.11. The van der Waals surface area contributed by atoms with E-state index in [1.807, 2.05) is 6.92 Å². The Bertz CT molecular complexity index is 149. The van der Waals surface area contributed by atoms with Gasteiger partial charge in [-0.25, -0.2) is 0 Å². The van der Waals surface area contributed by atoms with Crippen molar-refractivity contribution in [3.8, 4) is 0 Å². The van der Waals surface area contributed by atoms with E-state index in [0.29, 0.717) is 18.6 Å². The van der Waals surface area contributed by atoms with Gasteiger partial charge in [0.05, 0.1) is 18.8 Å². The standard InChI is InChI=1S/C12H27NO2/c1-9(2)12(7-13-10(3)4)15-11(5)8-14-6/h9-13H,7-8H2,1-6H3. The Labute approximate surface area is 94.5 Å². The molecular formula is C12H27NO2. The lowest BCUT2D eigenvalue weighted by molar-refractivity contribution is -0.0561. The number of methoxy groups -OCH3 is 1. The maximum atomic E-state index is 5.92.